The molecule has 18 heavy (non-hydrogen) atoms. The van der Waals surface area contributed by atoms with Crippen LogP contribution in [-0.4, -0.2) is 53.8 Å². The average molecular weight is 256 g/mol. The van der Waals surface area contributed by atoms with E-state index in [9.17, 15) is 9.59 Å². The first-order valence-electron chi connectivity index (χ1n) is 6.48. The van der Waals surface area contributed by atoms with E-state index in [0.717, 1.165) is 19.4 Å². The molecule has 0 bridgehead atoms. The van der Waals surface area contributed by atoms with Crippen LogP contribution in [0.2, 0.25) is 0 Å². The molecule has 102 valence electrons. The molecule has 0 aromatic heterocycles. The summed E-state index contributed by atoms with van der Waals surface area (Å²) >= 11 is 0. The molecular weight excluding hydrogens is 236 g/mol. The lowest BCUT2D eigenvalue weighted by Gasteiger charge is -2.24. The van der Waals surface area contributed by atoms with Gasteiger partial charge < -0.3 is 20.1 Å². The second-order valence-corrected chi connectivity index (χ2v) is 5.06. The van der Waals surface area contributed by atoms with E-state index in [4.69, 9.17) is 9.84 Å². The number of ether oxygens (including phenoxy) is 1. The molecule has 6 heteroatoms. The standard InChI is InChI=1S/C12H20N2O4/c1-8(10-3-2-6-18-10)13-12(17)14-5-4-9(7-14)11(15)16/h8-10H,2-7H2,1H3,(H,13,17)(H,15,16). The van der Waals surface area contributed by atoms with Crippen LogP contribution in [0.1, 0.15) is 26.2 Å². The lowest BCUT2D eigenvalue weighted by Crippen LogP contribution is -2.47. The predicted octanol–water partition coefficient (Wildman–Crippen LogP) is 0.670. The normalized spacial score (nSPS) is 29.3. The van der Waals surface area contributed by atoms with Gasteiger partial charge in [0.2, 0.25) is 0 Å². The number of likely N-dealkylation sites (tertiary alicyclic amines) is 1. The SMILES string of the molecule is CC(NC(=O)N1CCC(C(=O)O)C1)C1CCCO1. The summed E-state index contributed by atoms with van der Waals surface area (Å²) in [6.07, 6.45) is 2.64. The minimum absolute atomic E-state index is 0.0242. The van der Waals surface area contributed by atoms with Crippen LogP contribution in [0.3, 0.4) is 0 Å². The Morgan fingerprint density at radius 1 is 1.44 bits per heavy atom. The van der Waals surface area contributed by atoms with Crippen LogP contribution in [0, 0.1) is 5.92 Å². The van der Waals surface area contributed by atoms with Gasteiger partial charge in [0.1, 0.15) is 0 Å². The van der Waals surface area contributed by atoms with Crippen LogP contribution in [0.5, 0.6) is 0 Å². The van der Waals surface area contributed by atoms with Crippen molar-refractivity contribution in [3.8, 4) is 0 Å². The van der Waals surface area contributed by atoms with Crippen molar-refractivity contribution in [3.63, 3.8) is 0 Å². The summed E-state index contributed by atoms with van der Waals surface area (Å²) in [5, 5.41) is 11.8. The molecule has 0 spiro atoms. The third-order valence-corrected chi connectivity index (χ3v) is 3.70. The summed E-state index contributed by atoms with van der Waals surface area (Å²) in [6, 6.07) is -0.203. The molecule has 2 heterocycles. The first-order valence-corrected chi connectivity index (χ1v) is 6.48. The quantitative estimate of drug-likeness (QED) is 0.778. The molecule has 6 nitrogen and oxygen atoms in total. The number of carboxylic acid groups (broad SMARTS) is 1. The van der Waals surface area contributed by atoms with Crippen LogP contribution in [-0.2, 0) is 9.53 Å². The van der Waals surface area contributed by atoms with E-state index in [2.05, 4.69) is 5.32 Å². The van der Waals surface area contributed by atoms with Gasteiger partial charge in [0.25, 0.3) is 0 Å². The molecule has 3 unspecified atom stereocenters. The second kappa shape index (κ2) is 5.56. The van der Waals surface area contributed by atoms with Gasteiger partial charge >= 0.3 is 12.0 Å². The highest BCUT2D eigenvalue weighted by Crippen LogP contribution is 2.18. The van der Waals surface area contributed by atoms with Gasteiger partial charge in [0, 0.05) is 19.7 Å². The number of carboxylic acids is 1. The molecule has 2 rings (SSSR count). The van der Waals surface area contributed by atoms with E-state index >= 15 is 0 Å². The van der Waals surface area contributed by atoms with Gasteiger partial charge in [-0.05, 0) is 26.2 Å². The van der Waals surface area contributed by atoms with Gasteiger partial charge in [0.05, 0.1) is 18.1 Å². The van der Waals surface area contributed by atoms with Crippen molar-refractivity contribution in [3.05, 3.63) is 0 Å². The maximum atomic E-state index is 11.9. The van der Waals surface area contributed by atoms with Crippen molar-refractivity contribution < 1.29 is 19.4 Å². The first kappa shape index (κ1) is 13.1. The summed E-state index contributed by atoms with van der Waals surface area (Å²) in [5.74, 6) is -1.24. The molecule has 0 radical (unpaired) electrons. The van der Waals surface area contributed by atoms with Crippen LogP contribution < -0.4 is 5.32 Å². The number of urea groups is 1. The number of hydrogen-bond donors (Lipinski definition) is 2. The van der Waals surface area contributed by atoms with Crippen LogP contribution in [0.25, 0.3) is 0 Å². The molecule has 0 aromatic carbocycles. The van der Waals surface area contributed by atoms with Gasteiger partial charge in [-0.1, -0.05) is 0 Å². The topological polar surface area (TPSA) is 78.9 Å². The molecule has 2 amide bonds. The molecule has 0 aromatic rings. The van der Waals surface area contributed by atoms with E-state index in [1.165, 1.54) is 0 Å². The summed E-state index contributed by atoms with van der Waals surface area (Å²) in [7, 11) is 0. The highest BCUT2D eigenvalue weighted by atomic mass is 16.5. The Bertz CT molecular complexity index is 328. The fourth-order valence-electron chi connectivity index (χ4n) is 2.52. The Kier molecular flexibility index (Phi) is 4.06. The second-order valence-electron chi connectivity index (χ2n) is 5.06. The van der Waals surface area contributed by atoms with Gasteiger partial charge in [0.15, 0.2) is 0 Å². The van der Waals surface area contributed by atoms with Crippen molar-refractivity contribution >= 4 is 12.0 Å². The third-order valence-electron chi connectivity index (χ3n) is 3.70. The average Bonchev–Trinajstić information content (AvgIpc) is 3.00. The molecular formula is C12H20N2O4. The Morgan fingerprint density at radius 3 is 2.78 bits per heavy atom. The number of aliphatic carboxylic acids is 1. The third kappa shape index (κ3) is 2.93. The zero-order valence-electron chi connectivity index (χ0n) is 10.6. The number of nitrogens with zero attached hydrogens (tertiary/aromatic N) is 1. The van der Waals surface area contributed by atoms with Gasteiger partial charge in [-0.15, -0.1) is 0 Å². The van der Waals surface area contributed by atoms with Crippen molar-refractivity contribution in [2.75, 3.05) is 19.7 Å². The number of amides is 2. The van der Waals surface area contributed by atoms with E-state index in [1.807, 2.05) is 6.92 Å². The van der Waals surface area contributed by atoms with Crippen LogP contribution in [0.4, 0.5) is 4.79 Å². The molecule has 2 aliphatic rings. The highest BCUT2D eigenvalue weighted by Gasteiger charge is 2.32. The number of carbonyl (C=O) groups excluding carboxylic acids is 1. The van der Waals surface area contributed by atoms with E-state index in [0.29, 0.717) is 19.5 Å². The molecule has 0 aliphatic carbocycles. The maximum absolute atomic E-state index is 11.9. The molecule has 2 aliphatic heterocycles. The minimum Gasteiger partial charge on any atom is -0.481 e. The summed E-state index contributed by atoms with van der Waals surface area (Å²) in [5.41, 5.74) is 0. The van der Waals surface area contributed by atoms with Gasteiger partial charge in [-0.25, -0.2) is 4.79 Å². The lowest BCUT2D eigenvalue weighted by molar-refractivity contribution is -0.141. The highest BCUT2D eigenvalue weighted by molar-refractivity contribution is 5.77. The predicted molar refractivity (Wildman–Crippen MR) is 64.3 cm³/mol. The first-order chi connectivity index (χ1) is 8.58. The fourth-order valence-corrected chi connectivity index (χ4v) is 2.52. The molecule has 2 N–H and O–H groups in total. The Labute approximate surface area is 106 Å². The smallest absolute Gasteiger partial charge is 0.317 e. The number of nitrogens with one attached hydrogen (secondary N) is 1. The van der Waals surface area contributed by atoms with Crippen molar-refractivity contribution in [2.24, 2.45) is 5.92 Å². The molecule has 0 saturated carbocycles. The number of carbonyl (C=O) groups is 2. The Morgan fingerprint density at radius 2 is 2.22 bits per heavy atom. The molecule has 2 fully saturated rings. The van der Waals surface area contributed by atoms with E-state index < -0.39 is 11.9 Å². The molecule has 3 atom stereocenters. The zero-order chi connectivity index (χ0) is 13.1. The summed E-state index contributed by atoms with van der Waals surface area (Å²) in [6.45, 7) is 3.51. The van der Waals surface area contributed by atoms with Gasteiger partial charge in [-0.3, -0.25) is 4.79 Å². The fraction of sp³-hybridized carbons (Fsp3) is 0.833. The Hall–Kier alpha value is -1.30. The van der Waals surface area contributed by atoms with Crippen LogP contribution >= 0.6 is 0 Å². The largest absolute Gasteiger partial charge is 0.481 e. The molecule has 2 saturated heterocycles. The lowest BCUT2D eigenvalue weighted by atomic mass is 10.1. The number of hydrogen-bond acceptors (Lipinski definition) is 3. The summed E-state index contributed by atoms with van der Waals surface area (Å²) in [4.78, 5) is 24.3. The van der Waals surface area contributed by atoms with Crippen molar-refractivity contribution in [1.82, 2.24) is 10.2 Å². The maximum Gasteiger partial charge on any atom is 0.317 e. The zero-order valence-corrected chi connectivity index (χ0v) is 10.6. The number of rotatable bonds is 3. The minimum atomic E-state index is -0.822. The van der Waals surface area contributed by atoms with Crippen LogP contribution in [0.15, 0.2) is 0 Å². The monoisotopic (exact) mass is 256 g/mol. The van der Waals surface area contributed by atoms with E-state index in [1.54, 1.807) is 4.90 Å². The van der Waals surface area contributed by atoms with Crippen molar-refractivity contribution in [2.45, 2.75) is 38.3 Å². The summed E-state index contributed by atoms with van der Waals surface area (Å²) < 4.78 is 5.51. The van der Waals surface area contributed by atoms with E-state index in [-0.39, 0.29) is 18.2 Å². The Balaban J connectivity index is 1.79. The van der Waals surface area contributed by atoms with Crippen molar-refractivity contribution in [1.29, 1.82) is 0 Å². The van der Waals surface area contributed by atoms with Gasteiger partial charge in [-0.2, -0.15) is 0 Å².